The molecule has 4 nitrogen and oxygen atoms in total. The van der Waals surface area contributed by atoms with Crippen molar-refractivity contribution in [2.24, 2.45) is 0 Å². The van der Waals surface area contributed by atoms with Crippen molar-refractivity contribution < 1.29 is 185 Å². The Labute approximate surface area is 437 Å². The Balaban J connectivity index is 2.38. The van der Waals surface area contributed by atoms with E-state index in [0.29, 0.717) is 18.7 Å². The third-order valence-electron chi connectivity index (χ3n) is 13.1. The van der Waals surface area contributed by atoms with Crippen molar-refractivity contribution in [3.63, 3.8) is 0 Å². The summed E-state index contributed by atoms with van der Waals surface area (Å²) < 4.78 is 565. The lowest BCUT2D eigenvalue weighted by Crippen LogP contribution is -2.70. The Bertz CT molecular complexity index is 2160. The fourth-order valence-electron chi connectivity index (χ4n) is 7.84. The molecule has 0 saturated carbocycles. The number of alkyl halides is 39. The molecule has 1 aromatic carbocycles. The van der Waals surface area contributed by atoms with Gasteiger partial charge in [-0.3, -0.25) is 4.90 Å². The van der Waals surface area contributed by atoms with Gasteiger partial charge < -0.3 is 14.0 Å². The van der Waals surface area contributed by atoms with E-state index in [9.17, 15) is 145 Å². The molecule has 2 fully saturated rings. The average molecular weight is 1330 g/mol. The van der Waals surface area contributed by atoms with Crippen molar-refractivity contribution in [2.75, 3.05) is 32.9 Å². The van der Waals surface area contributed by atoms with Crippen molar-refractivity contribution in [1.29, 1.82) is 0 Å². The predicted octanol–water partition coefficient (Wildman–Crippen LogP) is 15.5. The van der Waals surface area contributed by atoms with Gasteiger partial charge in [0, 0.05) is 38.9 Å². The van der Waals surface area contributed by atoms with Crippen LogP contribution in [0.4, 0.5) is 171 Å². The van der Waals surface area contributed by atoms with Gasteiger partial charge in [0.2, 0.25) is 0 Å². The van der Waals surface area contributed by atoms with Crippen molar-refractivity contribution in [1.82, 2.24) is 4.90 Å². The second-order valence-corrected chi connectivity index (χ2v) is 23.7. The predicted molar refractivity (Wildman–Crippen MR) is 200 cm³/mol. The molecule has 1 aromatic rings. The van der Waals surface area contributed by atoms with Gasteiger partial charge in [-0.2, -0.15) is 171 Å². The molecule has 0 spiro atoms. The maximum atomic E-state index is 15.4. The molecule has 45 heteroatoms. The summed E-state index contributed by atoms with van der Waals surface area (Å²) in [5, 5.41) is 0. The number of morpholine rings is 1. The van der Waals surface area contributed by atoms with Gasteiger partial charge in [-0.05, 0) is 17.1 Å². The number of benzene rings is 1. The van der Waals surface area contributed by atoms with E-state index in [1.54, 1.807) is 4.90 Å². The summed E-state index contributed by atoms with van der Waals surface area (Å²) in [6, 6.07) is -8.02. The normalized spacial score (nSPS) is 19.1. The number of halogens is 39. The molecule has 2 aliphatic heterocycles. The summed E-state index contributed by atoms with van der Waals surface area (Å²) in [5.74, 6) is -128. The molecule has 2 saturated heterocycles. The molecule has 0 bridgehead atoms. The summed E-state index contributed by atoms with van der Waals surface area (Å²) in [7, 11) is -9.23. The topological polar surface area (TPSA) is 30.9 Å². The molecule has 2 aliphatic rings. The van der Waals surface area contributed by atoms with Crippen LogP contribution in [-0.4, -0.2) is 166 Å². The van der Waals surface area contributed by atoms with Crippen LogP contribution in [0.25, 0.3) is 0 Å². The van der Waals surface area contributed by atoms with E-state index < -0.39 is 184 Å². The standard InChI is InChI=1S/C38H31BF39NO3Si/c40-21(41,24(46,47)27(52,53)30(58,59)33(64,65)36(70,71)72)5-12-83(13-6-22(42,43)25(48,49)28(54,55)31(60,61)34(66,67)37(73,74)75,14-7-23(44,45)26(50,51)29(56,57)32(62,63)35(68,69)38(76,77)78)17-20-16-81-39(82-20)19-3-1-18(2-4-19)15-79-8-10-80-11-9-79/h1-4,20H,5-17H2. The van der Waals surface area contributed by atoms with Gasteiger partial charge in [0.05, 0.1) is 34.0 Å². The highest BCUT2D eigenvalue weighted by Gasteiger charge is 2.93. The lowest BCUT2D eigenvalue weighted by atomic mass is 9.79. The van der Waals surface area contributed by atoms with E-state index in [4.69, 9.17) is 14.0 Å². The SMILES string of the molecule is FC(F)(F)C(F)(F)C(F)(F)C(F)(F)C(F)(F)C(F)(F)CC[Si](CCC(F)(F)C(F)(F)C(F)(F)C(F)(F)C(F)(F)C(F)(F)F)(CCC(F)(F)C(F)(F)C(F)(F)C(F)(F)C(F)(F)C(F)(F)F)CC1COB(c2ccc(CN3CCOCC3)cc2)O1. The van der Waals surface area contributed by atoms with Gasteiger partial charge in [0.15, 0.2) is 0 Å². The second kappa shape index (κ2) is 22.3. The van der Waals surface area contributed by atoms with Crippen LogP contribution in [-0.2, 0) is 20.6 Å². The molecule has 1 unspecified atom stereocenters. The zero-order chi connectivity index (χ0) is 65.5. The maximum absolute atomic E-state index is 15.4. The number of hydrogen-bond donors (Lipinski definition) is 0. The molecule has 3 rings (SSSR count). The fraction of sp³-hybridized carbons (Fsp3) is 0.842. The highest BCUT2D eigenvalue weighted by atomic mass is 28.3. The Morgan fingerprint density at radius 3 is 0.940 bits per heavy atom. The van der Waals surface area contributed by atoms with Gasteiger partial charge in [-0.1, -0.05) is 42.4 Å². The second-order valence-electron chi connectivity index (χ2n) is 18.8. The van der Waals surface area contributed by atoms with Crippen molar-refractivity contribution >= 4 is 20.7 Å². The summed E-state index contributed by atoms with van der Waals surface area (Å²) in [5.41, 5.74) is -0.0447. The lowest BCUT2D eigenvalue weighted by Gasteiger charge is -2.43. The van der Waals surface area contributed by atoms with Gasteiger partial charge >= 0.3 is 114 Å². The van der Waals surface area contributed by atoms with Crippen LogP contribution < -0.4 is 5.46 Å². The van der Waals surface area contributed by atoms with Crippen molar-refractivity contribution in [3.8, 4) is 0 Å². The molecule has 0 amide bonds. The van der Waals surface area contributed by atoms with Crippen LogP contribution in [0.5, 0.6) is 0 Å². The first-order chi connectivity index (χ1) is 36.4. The minimum Gasteiger partial charge on any atom is -0.405 e. The van der Waals surface area contributed by atoms with Crippen LogP contribution >= 0.6 is 0 Å². The highest BCUT2D eigenvalue weighted by molar-refractivity contribution is 6.80. The van der Waals surface area contributed by atoms with Gasteiger partial charge in [0.1, 0.15) is 0 Å². The maximum Gasteiger partial charge on any atom is 0.494 e. The molecule has 486 valence electrons. The quantitative estimate of drug-likeness (QED) is 0.0683. The van der Waals surface area contributed by atoms with E-state index in [1.807, 2.05) is 0 Å². The molecule has 0 radical (unpaired) electrons. The van der Waals surface area contributed by atoms with Crippen LogP contribution in [0.2, 0.25) is 24.2 Å². The summed E-state index contributed by atoms with van der Waals surface area (Å²) in [6.07, 6.45) is -39.4. The summed E-state index contributed by atoms with van der Waals surface area (Å²) in [4.78, 5) is 1.74. The van der Waals surface area contributed by atoms with E-state index >= 15 is 26.3 Å². The Hall–Kier alpha value is -3.39. The molecule has 0 aromatic heterocycles. The zero-order valence-electron chi connectivity index (χ0n) is 39.6. The zero-order valence-corrected chi connectivity index (χ0v) is 40.6. The number of rotatable bonds is 26. The van der Waals surface area contributed by atoms with Gasteiger partial charge in [0.25, 0.3) is 0 Å². The molecule has 83 heavy (non-hydrogen) atoms. The van der Waals surface area contributed by atoms with Gasteiger partial charge in [-0.15, -0.1) is 0 Å². The number of ether oxygens (including phenoxy) is 1. The summed E-state index contributed by atoms with van der Waals surface area (Å²) in [6.45, 7) is -0.495. The minimum absolute atomic E-state index is 0.0841. The van der Waals surface area contributed by atoms with Crippen LogP contribution in [0.1, 0.15) is 24.8 Å². The number of hydrogen-bond acceptors (Lipinski definition) is 4. The van der Waals surface area contributed by atoms with Crippen molar-refractivity contribution in [3.05, 3.63) is 29.8 Å². The van der Waals surface area contributed by atoms with E-state index in [-0.39, 0.29) is 19.8 Å². The van der Waals surface area contributed by atoms with E-state index in [2.05, 4.69) is 0 Å². The van der Waals surface area contributed by atoms with Crippen molar-refractivity contribution in [2.45, 2.75) is 163 Å². The Kier molecular flexibility index (Phi) is 19.9. The average Bonchev–Trinajstić information content (AvgIpc) is 3.87. The third-order valence-corrected chi connectivity index (χ3v) is 18.3. The van der Waals surface area contributed by atoms with Crippen LogP contribution in [0, 0.1) is 0 Å². The largest absolute Gasteiger partial charge is 0.494 e. The highest BCUT2D eigenvalue weighted by Crippen LogP contribution is 2.65. The van der Waals surface area contributed by atoms with E-state index in [0.717, 1.165) is 12.1 Å². The monoisotopic (exact) mass is 1330 g/mol. The molecule has 1 atom stereocenters. The van der Waals surface area contributed by atoms with E-state index in [1.165, 1.54) is 12.1 Å². The molecular formula is C38H31BF39NO3Si. The van der Waals surface area contributed by atoms with Crippen LogP contribution in [0.3, 0.4) is 0 Å². The lowest BCUT2D eigenvalue weighted by molar-refractivity contribution is -0.440. The third kappa shape index (κ3) is 12.4. The molecule has 0 aliphatic carbocycles. The Morgan fingerprint density at radius 1 is 0.386 bits per heavy atom. The first kappa shape index (κ1) is 73.9. The molecular weight excluding hydrogens is 1300 g/mol. The Morgan fingerprint density at radius 2 is 0.663 bits per heavy atom. The van der Waals surface area contributed by atoms with Gasteiger partial charge in [-0.25, -0.2) is 0 Å². The fourth-order valence-corrected chi connectivity index (χ4v) is 12.9. The number of nitrogens with zero attached hydrogens (tertiary/aromatic N) is 1. The first-order valence-corrected chi connectivity index (χ1v) is 24.7. The minimum atomic E-state index is -8.91. The smallest absolute Gasteiger partial charge is 0.405 e. The summed E-state index contributed by atoms with van der Waals surface area (Å²) >= 11 is 0. The van der Waals surface area contributed by atoms with Crippen LogP contribution in [0.15, 0.2) is 24.3 Å². The molecule has 2 heterocycles. The molecule has 0 N–H and O–H groups in total. The first-order valence-electron chi connectivity index (χ1n) is 21.9.